The maximum Gasteiger partial charge on any atom is 0.250 e. The molecule has 7 rings (SSSR count). The van der Waals surface area contributed by atoms with E-state index in [0.29, 0.717) is 22.9 Å². The highest BCUT2D eigenvalue weighted by molar-refractivity contribution is 7.99. The summed E-state index contributed by atoms with van der Waals surface area (Å²) in [5.41, 5.74) is 3.35. The number of aryl methyl sites for hydroxylation is 1. The number of hydrogen-bond acceptors (Lipinski definition) is 6. The zero-order valence-electron chi connectivity index (χ0n) is 19.2. The van der Waals surface area contributed by atoms with E-state index in [2.05, 4.69) is 28.4 Å². The van der Waals surface area contributed by atoms with Crippen LogP contribution in [0.1, 0.15) is 33.0 Å². The van der Waals surface area contributed by atoms with Crippen molar-refractivity contribution < 1.29 is 19.1 Å². The Kier molecular flexibility index (Phi) is 4.57. The largest absolute Gasteiger partial charge is 0.454 e. The number of nitrogens with zero attached hydrogens (tertiary/aromatic N) is 1. The lowest BCUT2D eigenvalue weighted by atomic mass is 9.69. The molecule has 3 unspecified atom stereocenters. The third-order valence-corrected chi connectivity index (χ3v) is 8.94. The molecule has 0 aliphatic carbocycles. The van der Waals surface area contributed by atoms with Gasteiger partial charge in [-0.25, -0.2) is 0 Å². The van der Waals surface area contributed by atoms with Crippen LogP contribution in [0, 0.1) is 12.8 Å². The van der Waals surface area contributed by atoms with Gasteiger partial charge in [0.2, 0.25) is 12.7 Å². The zero-order valence-corrected chi connectivity index (χ0v) is 20.0. The molecule has 4 aliphatic rings. The van der Waals surface area contributed by atoms with Gasteiger partial charge in [-0.15, -0.1) is 11.8 Å². The van der Waals surface area contributed by atoms with Gasteiger partial charge in [-0.1, -0.05) is 48.0 Å². The number of fused-ring (bicyclic) bond motifs is 5. The van der Waals surface area contributed by atoms with Crippen LogP contribution < -0.4 is 14.8 Å². The molecular weight excluding hydrogens is 460 g/mol. The monoisotopic (exact) mass is 484 g/mol. The van der Waals surface area contributed by atoms with Crippen molar-refractivity contribution in [2.45, 2.75) is 24.4 Å². The topological polar surface area (TPSA) is 67.9 Å². The van der Waals surface area contributed by atoms with Crippen molar-refractivity contribution in [2.24, 2.45) is 5.92 Å². The van der Waals surface area contributed by atoms with Gasteiger partial charge in [0.1, 0.15) is 5.54 Å². The van der Waals surface area contributed by atoms with Crippen molar-refractivity contribution in [1.82, 2.24) is 4.90 Å². The lowest BCUT2D eigenvalue weighted by Gasteiger charge is -2.36. The molecule has 0 aromatic heterocycles. The predicted octanol–water partition coefficient (Wildman–Crippen LogP) is 4.54. The Labute approximate surface area is 207 Å². The van der Waals surface area contributed by atoms with Gasteiger partial charge >= 0.3 is 0 Å². The summed E-state index contributed by atoms with van der Waals surface area (Å²) in [6, 6.07) is 21.7. The molecular formula is C28H24N2O4S. The molecule has 0 bridgehead atoms. The molecule has 1 N–H and O–H groups in total. The van der Waals surface area contributed by atoms with Gasteiger partial charge in [0.25, 0.3) is 0 Å². The molecule has 1 amide bonds. The Balaban J connectivity index is 1.47. The number of carbonyl (C=O) groups excluding carboxylic acids is 2. The minimum absolute atomic E-state index is 0.0407. The molecule has 35 heavy (non-hydrogen) atoms. The van der Waals surface area contributed by atoms with Crippen LogP contribution >= 0.6 is 11.8 Å². The summed E-state index contributed by atoms with van der Waals surface area (Å²) in [5.74, 6) is 1.94. The smallest absolute Gasteiger partial charge is 0.250 e. The fraction of sp³-hybridized carbons (Fsp3) is 0.286. The van der Waals surface area contributed by atoms with E-state index in [9.17, 15) is 9.59 Å². The number of anilines is 1. The number of Topliss-reactive ketones (excluding diaryl/α,β-unsaturated/α-hetero) is 1. The van der Waals surface area contributed by atoms with Crippen molar-refractivity contribution in [3.63, 3.8) is 0 Å². The second kappa shape index (κ2) is 7.60. The lowest BCUT2D eigenvalue weighted by Crippen LogP contribution is -2.52. The van der Waals surface area contributed by atoms with Crippen LogP contribution in [-0.4, -0.2) is 41.1 Å². The number of thioether (sulfide) groups is 1. The summed E-state index contributed by atoms with van der Waals surface area (Å²) in [6.07, 6.45) is 0. The second-order valence-corrected chi connectivity index (χ2v) is 10.7. The summed E-state index contributed by atoms with van der Waals surface area (Å²) in [4.78, 5) is 30.9. The highest BCUT2D eigenvalue weighted by Crippen LogP contribution is 2.61. The quantitative estimate of drug-likeness (QED) is 0.551. The summed E-state index contributed by atoms with van der Waals surface area (Å²) >= 11 is 1.83. The van der Waals surface area contributed by atoms with Crippen molar-refractivity contribution in [3.8, 4) is 11.5 Å². The van der Waals surface area contributed by atoms with Crippen molar-refractivity contribution in [1.29, 1.82) is 0 Å². The highest BCUT2D eigenvalue weighted by atomic mass is 32.2. The zero-order chi connectivity index (χ0) is 23.7. The van der Waals surface area contributed by atoms with Crippen LogP contribution in [-0.2, 0) is 10.3 Å². The average molecular weight is 485 g/mol. The Hall–Kier alpha value is -3.29. The first-order chi connectivity index (χ1) is 17.1. The van der Waals surface area contributed by atoms with Gasteiger partial charge in [-0.3, -0.25) is 14.5 Å². The Bertz CT molecular complexity index is 1380. The first-order valence-electron chi connectivity index (χ1n) is 11.8. The molecule has 4 aliphatic heterocycles. The summed E-state index contributed by atoms with van der Waals surface area (Å²) in [6.45, 7) is 2.18. The van der Waals surface area contributed by atoms with Crippen LogP contribution in [0.2, 0.25) is 0 Å². The van der Waals surface area contributed by atoms with Crippen LogP contribution in [0.4, 0.5) is 5.69 Å². The number of amides is 1. The number of rotatable bonds is 3. The molecule has 3 aromatic rings. The molecule has 6 nitrogen and oxygen atoms in total. The Morgan fingerprint density at radius 1 is 1.06 bits per heavy atom. The van der Waals surface area contributed by atoms with Crippen molar-refractivity contribution in [3.05, 3.63) is 89.0 Å². The highest BCUT2D eigenvalue weighted by Gasteiger charge is 2.69. The average Bonchev–Trinajstić information content (AvgIpc) is 3.63. The minimum atomic E-state index is -1.07. The van der Waals surface area contributed by atoms with E-state index >= 15 is 0 Å². The van der Waals surface area contributed by atoms with Crippen molar-refractivity contribution >= 4 is 29.1 Å². The number of nitrogens with one attached hydrogen (secondary N) is 1. The molecule has 176 valence electrons. The summed E-state index contributed by atoms with van der Waals surface area (Å²) in [5, 5.41) is 3.13. The second-order valence-electron chi connectivity index (χ2n) is 9.65. The molecule has 1 spiro atoms. The van der Waals surface area contributed by atoms with E-state index in [4.69, 9.17) is 9.47 Å². The van der Waals surface area contributed by atoms with E-state index in [1.807, 2.05) is 49.0 Å². The van der Waals surface area contributed by atoms with Crippen LogP contribution in [0.5, 0.6) is 11.5 Å². The fourth-order valence-corrected chi connectivity index (χ4v) is 7.79. The van der Waals surface area contributed by atoms with Gasteiger partial charge in [0.05, 0.1) is 5.92 Å². The van der Waals surface area contributed by atoms with E-state index in [1.165, 1.54) is 0 Å². The molecule has 4 heterocycles. The maximum atomic E-state index is 14.6. The minimum Gasteiger partial charge on any atom is -0.454 e. The molecule has 2 saturated heterocycles. The third-order valence-electron chi connectivity index (χ3n) is 7.90. The van der Waals surface area contributed by atoms with Crippen LogP contribution in [0.25, 0.3) is 0 Å². The van der Waals surface area contributed by atoms with E-state index in [-0.39, 0.29) is 30.4 Å². The first-order valence-corrected chi connectivity index (χ1v) is 13.0. The fourth-order valence-electron chi connectivity index (χ4n) is 6.47. The number of hydrogen-bond donors (Lipinski definition) is 1. The molecule has 7 heteroatoms. The number of carbonyl (C=O) groups is 2. The van der Waals surface area contributed by atoms with Gasteiger partial charge in [0, 0.05) is 40.4 Å². The number of ketones is 1. The molecule has 0 radical (unpaired) electrons. The SMILES string of the molecule is Cc1ccc2c(c1)[C@]1(C(=O)N2)C(C(=O)c2ccc3c(c2)OCO3)C(c2ccccc2)C2CSCN21. The number of ether oxygens (including phenoxy) is 2. The summed E-state index contributed by atoms with van der Waals surface area (Å²) in [7, 11) is 0. The van der Waals surface area contributed by atoms with E-state index in [0.717, 1.165) is 28.1 Å². The van der Waals surface area contributed by atoms with Crippen LogP contribution in [0.3, 0.4) is 0 Å². The Morgan fingerprint density at radius 2 is 1.89 bits per heavy atom. The molecule has 4 atom stereocenters. The molecule has 2 fully saturated rings. The third kappa shape index (κ3) is 2.82. The number of benzene rings is 3. The van der Waals surface area contributed by atoms with E-state index < -0.39 is 11.5 Å². The van der Waals surface area contributed by atoms with Crippen LogP contribution in [0.15, 0.2) is 66.7 Å². The van der Waals surface area contributed by atoms with Gasteiger partial charge in [-0.05, 0) is 36.8 Å². The normalized spacial score (nSPS) is 28.3. The van der Waals surface area contributed by atoms with E-state index in [1.54, 1.807) is 18.2 Å². The lowest BCUT2D eigenvalue weighted by molar-refractivity contribution is -0.127. The standard InChI is InChI=1S/C28H24N2O4S/c1-16-7-9-20-19(11-16)28(27(32)29-20)25(26(31)18-8-10-22-23(12-18)34-15-33-22)24(17-5-3-2-4-6-17)21-13-35-14-30(21)28/h2-12,21,24-25H,13-15H2,1H3,(H,29,32)/t21?,24?,25?,28-/m1/s1. The first kappa shape index (κ1) is 21.0. The van der Waals surface area contributed by atoms with Crippen molar-refractivity contribution in [2.75, 3.05) is 23.7 Å². The predicted molar refractivity (Wildman–Crippen MR) is 134 cm³/mol. The summed E-state index contributed by atoms with van der Waals surface area (Å²) < 4.78 is 11.1. The molecule has 0 saturated carbocycles. The maximum absolute atomic E-state index is 14.6. The van der Waals surface area contributed by atoms with Gasteiger partial charge < -0.3 is 14.8 Å². The molecule has 3 aromatic carbocycles. The Morgan fingerprint density at radius 3 is 2.74 bits per heavy atom. The van der Waals surface area contributed by atoms with Gasteiger partial charge in [0.15, 0.2) is 17.3 Å². The van der Waals surface area contributed by atoms with Gasteiger partial charge in [-0.2, -0.15) is 0 Å².